The first-order chi connectivity index (χ1) is 10.5. The summed E-state index contributed by atoms with van der Waals surface area (Å²) in [5.41, 5.74) is -5.46. The lowest BCUT2D eigenvalue weighted by molar-refractivity contribution is -0.311. The van der Waals surface area contributed by atoms with E-state index in [1.54, 1.807) is 0 Å². The molecule has 23 heavy (non-hydrogen) atoms. The zero-order valence-electron chi connectivity index (χ0n) is 11.8. The number of nitrogens with one attached hydrogen (secondary N) is 2. The normalized spacial score (nSPS) is 13.3. The van der Waals surface area contributed by atoms with Gasteiger partial charge >= 0.3 is 12.4 Å². The third-order valence-corrected chi connectivity index (χ3v) is 3.49. The third kappa shape index (κ3) is 2.64. The first kappa shape index (κ1) is 17.2. The Labute approximate surface area is 126 Å². The predicted molar refractivity (Wildman–Crippen MR) is 70.5 cm³/mol. The average molecular weight is 338 g/mol. The van der Waals surface area contributed by atoms with Gasteiger partial charge in [-0.1, -0.05) is 25.1 Å². The van der Waals surface area contributed by atoms with Crippen molar-refractivity contribution in [1.29, 1.82) is 0 Å². The molecule has 1 amide bonds. The van der Waals surface area contributed by atoms with Crippen LogP contribution in [0.3, 0.4) is 0 Å². The molecule has 0 radical (unpaired) electrons. The molecule has 9 heteroatoms. The number of aromatic nitrogens is 1. The van der Waals surface area contributed by atoms with E-state index in [2.05, 4.69) is 4.98 Å². The van der Waals surface area contributed by atoms with E-state index >= 15 is 0 Å². The van der Waals surface area contributed by atoms with Gasteiger partial charge in [-0.3, -0.25) is 4.79 Å². The molecule has 126 valence electrons. The van der Waals surface area contributed by atoms with Crippen molar-refractivity contribution in [2.24, 2.45) is 0 Å². The number of amides is 1. The Hall–Kier alpha value is -2.19. The fraction of sp³-hybridized carbons (Fsp3) is 0.357. The number of fused-ring (bicyclic) bond motifs is 1. The van der Waals surface area contributed by atoms with E-state index in [0.717, 1.165) is 11.4 Å². The molecule has 0 saturated carbocycles. The second kappa shape index (κ2) is 5.47. The van der Waals surface area contributed by atoms with Crippen LogP contribution in [-0.4, -0.2) is 23.2 Å². The first-order valence-electron chi connectivity index (χ1n) is 6.55. The number of H-pyrrole nitrogens is 1. The second-order valence-electron chi connectivity index (χ2n) is 4.90. The van der Waals surface area contributed by atoms with Crippen molar-refractivity contribution in [3.8, 4) is 0 Å². The molecule has 0 aliphatic carbocycles. The van der Waals surface area contributed by atoms with Gasteiger partial charge in [0, 0.05) is 29.1 Å². The molecular weight excluding hydrogens is 326 g/mol. The minimum absolute atomic E-state index is 0.103. The van der Waals surface area contributed by atoms with E-state index in [1.165, 1.54) is 25.1 Å². The maximum absolute atomic E-state index is 13.5. The summed E-state index contributed by atoms with van der Waals surface area (Å²) in [5, 5.41) is 0.880. The summed E-state index contributed by atoms with van der Waals surface area (Å²) in [6.45, 7) is 1.17. The fourth-order valence-corrected chi connectivity index (χ4v) is 2.35. The molecule has 0 atom stereocenters. The maximum Gasteiger partial charge on any atom is 0.424 e. The number of hydrogen-bond acceptors (Lipinski definition) is 1. The minimum Gasteiger partial charge on any atom is -0.361 e. The summed E-state index contributed by atoms with van der Waals surface area (Å²) < 4.78 is 81.1. The highest BCUT2D eigenvalue weighted by Crippen LogP contribution is 2.51. The number of rotatable bonds is 3. The van der Waals surface area contributed by atoms with Crippen LogP contribution in [0.5, 0.6) is 0 Å². The van der Waals surface area contributed by atoms with Gasteiger partial charge < -0.3 is 10.3 Å². The lowest BCUT2D eigenvalue weighted by atomic mass is 9.87. The Balaban J connectivity index is 2.82. The van der Waals surface area contributed by atoms with Gasteiger partial charge in [-0.15, -0.1) is 0 Å². The Morgan fingerprint density at radius 1 is 1.09 bits per heavy atom. The molecule has 0 unspecified atom stereocenters. The van der Waals surface area contributed by atoms with Crippen molar-refractivity contribution in [2.75, 3.05) is 0 Å². The predicted octanol–water partition coefficient (Wildman–Crippen LogP) is 4.01. The summed E-state index contributed by atoms with van der Waals surface area (Å²) in [7, 11) is 0. The molecule has 0 bridgehead atoms. The van der Waals surface area contributed by atoms with Crippen molar-refractivity contribution in [3.63, 3.8) is 0 Å². The molecule has 2 aromatic rings. The number of halogens is 6. The maximum atomic E-state index is 13.5. The zero-order chi connectivity index (χ0) is 17.5. The highest BCUT2D eigenvalue weighted by atomic mass is 19.4. The standard InChI is InChI=1S/C14H12F6N2O/c1-2-11(23)22-12(13(15,16)17,14(18,19)20)9-7-21-10-6-4-3-5-8(9)10/h3-7,21H,2H2,1H3,(H,22,23). The molecule has 0 saturated heterocycles. The van der Waals surface area contributed by atoms with Crippen molar-refractivity contribution in [3.05, 3.63) is 36.0 Å². The van der Waals surface area contributed by atoms with Crippen LogP contribution in [0.15, 0.2) is 30.5 Å². The minimum atomic E-state index is -5.78. The molecule has 0 fully saturated rings. The smallest absolute Gasteiger partial charge is 0.361 e. The quantitative estimate of drug-likeness (QED) is 0.816. The Morgan fingerprint density at radius 2 is 1.65 bits per heavy atom. The lowest BCUT2D eigenvalue weighted by Crippen LogP contribution is -2.64. The Morgan fingerprint density at radius 3 is 2.17 bits per heavy atom. The molecule has 0 spiro atoms. The molecular formula is C14H12F6N2O. The van der Waals surface area contributed by atoms with Gasteiger partial charge in [-0.25, -0.2) is 0 Å². The van der Waals surface area contributed by atoms with E-state index < -0.39 is 35.8 Å². The van der Waals surface area contributed by atoms with Crippen molar-refractivity contribution >= 4 is 16.8 Å². The summed E-state index contributed by atoms with van der Waals surface area (Å²) >= 11 is 0. The van der Waals surface area contributed by atoms with Crippen LogP contribution in [-0.2, 0) is 10.3 Å². The zero-order valence-corrected chi connectivity index (χ0v) is 11.8. The summed E-state index contributed by atoms with van der Waals surface area (Å²) in [6, 6.07) is 5.26. The summed E-state index contributed by atoms with van der Waals surface area (Å²) in [6.07, 6.45) is -11.4. The number of hydrogen-bond donors (Lipinski definition) is 2. The van der Waals surface area contributed by atoms with Crippen LogP contribution < -0.4 is 5.32 Å². The van der Waals surface area contributed by atoms with E-state index in [0.29, 0.717) is 6.20 Å². The third-order valence-electron chi connectivity index (χ3n) is 3.49. The van der Waals surface area contributed by atoms with Crippen molar-refractivity contribution < 1.29 is 31.1 Å². The van der Waals surface area contributed by atoms with Crippen LogP contribution in [0.1, 0.15) is 18.9 Å². The van der Waals surface area contributed by atoms with Gasteiger partial charge in [0.05, 0.1) is 0 Å². The van der Waals surface area contributed by atoms with Crippen LogP contribution in [0, 0.1) is 0 Å². The molecule has 1 heterocycles. The van der Waals surface area contributed by atoms with E-state index in [9.17, 15) is 31.1 Å². The highest BCUT2D eigenvalue weighted by molar-refractivity contribution is 5.86. The molecule has 1 aromatic carbocycles. The van der Waals surface area contributed by atoms with Crippen molar-refractivity contribution in [2.45, 2.75) is 31.2 Å². The SMILES string of the molecule is CCC(=O)NC(c1c[nH]c2ccccc12)(C(F)(F)F)C(F)(F)F. The molecule has 2 rings (SSSR count). The van der Waals surface area contributed by atoms with Crippen molar-refractivity contribution in [1.82, 2.24) is 10.3 Å². The molecule has 1 aromatic heterocycles. The van der Waals surface area contributed by atoms with Crippen LogP contribution >= 0.6 is 0 Å². The monoisotopic (exact) mass is 338 g/mol. The summed E-state index contributed by atoms with van der Waals surface area (Å²) in [5.74, 6) is -1.36. The second-order valence-corrected chi connectivity index (χ2v) is 4.90. The highest BCUT2D eigenvalue weighted by Gasteiger charge is 2.73. The average Bonchev–Trinajstić information content (AvgIpc) is 2.85. The Bertz CT molecular complexity index is 702. The number of carbonyl (C=O) groups excluding carboxylic acids is 1. The topological polar surface area (TPSA) is 44.9 Å². The van der Waals surface area contributed by atoms with Gasteiger partial charge in [-0.2, -0.15) is 26.3 Å². The van der Waals surface area contributed by atoms with Gasteiger partial charge in [0.1, 0.15) is 0 Å². The van der Waals surface area contributed by atoms with Crippen LogP contribution in [0.2, 0.25) is 0 Å². The van der Waals surface area contributed by atoms with E-state index in [-0.39, 0.29) is 10.9 Å². The number of benzene rings is 1. The van der Waals surface area contributed by atoms with E-state index in [1.807, 2.05) is 0 Å². The molecule has 0 aliphatic heterocycles. The van der Waals surface area contributed by atoms with Gasteiger partial charge in [0.2, 0.25) is 5.91 Å². The van der Waals surface area contributed by atoms with Crippen LogP contribution in [0.4, 0.5) is 26.3 Å². The fourth-order valence-electron chi connectivity index (χ4n) is 2.35. The number of aromatic amines is 1. The van der Waals surface area contributed by atoms with Crippen LogP contribution in [0.25, 0.3) is 10.9 Å². The number of alkyl halides is 6. The summed E-state index contributed by atoms with van der Waals surface area (Å²) in [4.78, 5) is 13.8. The number of para-hydroxylation sites is 1. The molecule has 2 N–H and O–H groups in total. The van der Waals surface area contributed by atoms with E-state index in [4.69, 9.17) is 0 Å². The number of carbonyl (C=O) groups is 1. The van der Waals surface area contributed by atoms with Gasteiger partial charge in [0.15, 0.2) is 0 Å². The lowest BCUT2D eigenvalue weighted by Gasteiger charge is -2.37. The van der Waals surface area contributed by atoms with Gasteiger partial charge in [0.25, 0.3) is 5.54 Å². The Kier molecular flexibility index (Phi) is 4.08. The first-order valence-corrected chi connectivity index (χ1v) is 6.55. The van der Waals surface area contributed by atoms with Gasteiger partial charge in [-0.05, 0) is 6.07 Å². The molecule has 0 aliphatic rings. The molecule has 3 nitrogen and oxygen atoms in total. The largest absolute Gasteiger partial charge is 0.424 e.